The Balaban J connectivity index is 2.13. The van der Waals surface area contributed by atoms with E-state index in [1.807, 2.05) is 0 Å². The third-order valence-electron chi connectivity index (χ3n) is 3.12. The van der Waals surface area contributed by atoms with Gasteiger partial charge in [0, 0.05) is 18.0 Å². The van der Waals surface area contributed by atoms with Crippen LogP contribution in [0.3, 0.4) is 0 Å². The fourth-order valence-electron chi connectivity index (χ4n) is 1.94. The highest BCUT2D eigenvalue weighted by atomic mass is 16.3. The molecule has 13 heavy (non-hydrogen) atoms. The average Bonchev–Trinajstić information content (AvgIpc) is 2.77. The molecular formula is C11H17NO. The molecule has 2 heteroatoms. The summed E-state index contributed by atoms with van der Waals surface area (Å²) in [6, 6.07) is 2.20. The van der Waals surface area contributed by atoms with Gasteiger partial charge in [0.25, 0.3) is 0 Å². The lowest BCUT2D eigenvalue weighted by atomic mass is 9.98. The topological polar surface area (TPSA) is 36.0 Å². The van der Waals surface area contributed by atoms with Crippen LogP contribution in [0.4, 0.5) is 0 Å². The molecule has 1 aliphatic carbocycles. The number of aryl methyl sites for hydroxylation is 2. The predicted molar refractivity (Wildman–Crippen MR) is 52.7 cm³/mol. The minimum absolute atomic E-state index is 0.236. The fourth-order valence-corrected chi connectivity index (χ4v) is 1.94. The van der Waals surface area contributed by atoms with Crippen LogP contribution in [0, 0.1) is 19.3 Å². The van der Waals surface area contributed by atoms with E-state index in [1.165, 1.54) is 29.8 Å². The smallest absolute Gasteiger partial charge is 0.0490 e. The van der Waals surface area contributed by atoms with Gasteiger partial charge in [-0.15, -0.1) is 0 Å². The van der Waals surface area contributed by atoms with Crippen molar-refractivity contribution >= 4 is 0 Å². The van der Waals surface area contributed by atoms with Crippen LogP contribution in [0.5, 0.6) is 0 Å². The molecule has 2 nitrogen and oxygen atoms in total. The monoisotopic (exact) mass is 179 g/mol. The first-order valence-electron chi connectivity index (χ1n) is 4.91. The van der Waals surface area contributed by atoms with Gasteiger partial charge in [-0.1, -0.05) is 0 Å². The van der Waals surface area contributed by atoms with Gasteiger partial charge in [-0.2, -0.15) is 0 Å². The minimum Gasteiger partial charge on any atom is -0.396 e. The van der Waals surface area contributed by atoms with Gasteiger partial charge in [-0.05, 0) is 50.2 Å². The molecule has 1 fully saturated rings. The van der Waals surface area contributed by atoms with E-state index in [0.29, 0.717) is 6.61 Å². The van der Waals surface area contributed by atoms with Crippen LogP contribution in [-0.4, -0.2) is 16.7 Å². The lowest BCUT2D eigenvalue weighted by molar-refractivity contribution is 0.211. The van der Waals surface area contributed by atoms with Crippen molar-refractivity contribution in [2.24, 2.45) is 5.41 Å². The van der Waals surface area contributed by atoms with Gasteiger partial charge in [0.05, 0.1) is 0 Å². The van der Waals surface area contributed by atoms with Crippen LogP contribution >= 0.6 is 0 Å². The van der Waals surface area contributed by atoms with E-state index in [-0.39, 0.29) is 5.41 Å². The highest BCUT2D eigenvalue weighted by Gasteiger charge is 2.42. The van der Waals surface area contributed by atoms with Crippen LogP contribution in [0.25, 0.3) is 0 Å². The number of aromatic nitrogens is 1. The molecule has 72 valence electrons. The highest BCUT2D eigenvalue weighted by Crippen LogP contribution is 2.48. The summed E-state index contributed by atoms with van der Waals surface area (Å²) < 4.78 is 0. The van der Waals surface area contributed by atoms with E-state index >= 15 is 0 Å². The first-order valence-corrected chi connectivity index (χ1v) is 4.91. The van der Waals surface area contributed by atoms with E-state index < -0.39 is 0 Å². The minimum atomic E-state index is 0.236. The van der Waals surface area contributed by atoms with Gasteiger partial charge < -0.3 is 10.1 Å². The molecule has 2 rings (SSSR count). The second-order valence-electron chi connectivity index (χ2n) is 4.44. The maximum Gasteiger partial charge on any atom is 0.0490 e. The second-order valence-corrected chi connectivity index (χ2v) is 4.44. The fraction of sp³-hybridized carbons (Fsp3) is 0.636. The Morgan fingerprint density at radius 2 is 2.15 bits per heavy atom. The van der Waals surface area contributed by atoms with Crippen LogP contribution in [0.15, 0.2) is 6.07 Å². The normalized spacial score (nSPS) is 19.0. The quantitative estimate of drug-likeness (QED) is 0.731. The zero-order valence-corrected chi connectivity index (χ0v) is 8.35. The molecular weight excluding hydrogens is 162 g/mol. The summed E-state index contributed by atoms with van der Waals surface area (Å²) in [6.45, 7) is 4.53. The van der Waals surface area contributed by atoms with Crippen LogP contribution in [0.2, 0.25) is 0 Å². The summed E-state index contributed by atoms with van der Waals surface area (Å²) in [5.74, 6) is 0. The van der Waals surface area contributed by atoms with Gasteiger partial charge in [-0.3, -0.25) is 0 Å². The van der Waals surface area contributed by atoms with Crippen molar-refractivity contribution in [1.82, 2.24) is 4.98 Å². The maximum atomic E-state index is 9.21. The summed E-state index contributed by atoms with van der Waals surface area (Å²) in [7, 11) is 0. The molecule has 0 spiro atoms. The van der Waals surface area contributed by atoms with E-state index in [4.69, 9.17) is 0 Å². The molecule has 1 saturated carbocycles. The second kappa shape index (κ2) is 2.88. The summed E-state index contributed by atoms with van der Waals surface area (Å²) >= 11 is 0. The molecule has 1 aromatic rings. The molecule has 0 aromatic carbocycles. The van der Waals surface area contributed by atoms with Gasteiger partial charge >= 0.3 is 0 Å². The number of hydrogen-bond acceptors (Lipinski definition) is 1. The Hall–Kier alpha value is -0.760. The summed E-state index contributed by atoms with van der Waals surface area (Å²) in [5, 5.41) is 9.21. The van der Waals surface area contributed by atoms with E-state index in [2.05, 4.69) is 24.9 Å². The lowest BCUT2D eigenvalue weighted by Crippen LogP contribution is -2.10. The van der Waals surface area contributed by atoms with E-state index in [1.54, 1.807) is 0 Å². The van der Waals surface area contributed by atoms with Crippen molar-refractivity contribution in [2.75, 3.05) is 6.61 Å². The average molecular weight is 179 g/mol. The largest absolute Gasteiger partial charge is 0.396 e. The molecule has 0 amide bonds. The Bertz CT molecular complexity index is 310. The maximum absolute atomic E-state index is 9.21. The number of aliphatic hydroxyl groups is 1. The molecule has 0 atom stereocenters. The molecule has 2 N–H and O–H groups in total. The summed E-state index contributed by atoms with van der Waals surface area (Å²) in [5.41, 5.74) is 4.10. The summed E-state index contributed by atoms with van der Waals surface area (Å²) in [4.78, 5) is 3.30. The van der Waals surface area contributed by atoms with Crippen molar-refractivity contribution in [2.45, 2.75) is 33.1 Å². The van der Waals surface area contributed by atoms with Crippen molar-refractivity contribution in [3.63, 3.8) is 0 Å². The van der Waals surface area contributed by atoms with Crippen molar-refractivity contribution in [3.8, 4) is 0 Å². The zero-order chi connectivity index (χ0) is 9.47. The number of rotatable bonds is 3. The molecule has 0 radical (unpaired) electrons. The van der Waals surface area contributed by atoms with Gasteiger partial charge in [0.2, 0.25) is 0 Å². The number of nitrogens with one attached hydrogen (secondary N) is 1. The first-order chi connectivity index (χ1) is 6.15. The standard InChI is InChI=1S/C11H17NO/c1-8-5-10(9(2)12-8)6-11(7-13)3-4-11/h5,12-13H,3-4,6-7H2,1-2H3. The lowest BCUT2D eigenvalue weighted by Gasteiger charge is -2.10. The summed E-state index contributed by atoms with van der Waals surface area (Å²) in [6.07, 6.45) is 3.42. The molecule has 1 heterocycles. The number of aromatic amines is 1. The van der Waals surface area contributed by atoms with E-state index in [0.717, 1.165) is 6.42 Å². The van der Waals surface area contributed by atoms with Crippen LogP contribution in [-0.2, 0) is 6.42 Å². The third-order valence-corrected chi connectivity index (χ3v) is 3.12. The first kappa shape index (κ1) is 8.82. The molecule has 0 unspecified atom stereocenters. The number of hydrogen-bond donors (Lipinski definition) is 2. The SMILES string of the molecule is Cc1cc(CC2(CO)CC2)c(C)[nH]1. The van der Waals surface area contributed by atoms with Crippen LogP contribution < -0.4 is 0 Å². The van der Waals surface area contributed by atoms with Crippen molar-refractivity contribution < 1.29 is 5.11 Å². The molecule has 1 aromatic heterocycles. The predicted octanol–water partition coefficient (Wildman–Crippen LogP) is 1.95. The van der Waals surface area contributed by atoms with Gasteiger partial charge in [0.1, 0.15) is 0 Å². The number of H-pyrrole nitrogens is 1. The van der Waals surface area contributed by atoms with Crippen molar-refractivity contribution in [1.29, 1.82) is 0 Å². The Labute approximate surface area is 79.0 Å². The third kappa shape index (κ3) is 1.63. The molecule has 1 aliphatic rings. The molecule has 0 bridgehead atoms. The molecule has 0 saturated heterocycles. The molecule has 0 aliphatic heterocycles. The Morgan fingerprint density at radius 3 is 2.54 bits per heavy atom. The Morgan fingerprint density at radius 1 is 1.46 bits per heavy atom. The van der Waals surface area contributed by atoms with E-state index in [9.17, 15) is 5.11 Å². The van der Waals surface area contributed by atoms with Gasteiger partial charge in [-0.25, -0.2) is 0 Å². The highest BCUT2D eigenvalue weighted by molar-refractivity contribution is 5.26. The van der Waals surface area contributed by atoms with Crippen LogP contribution in [0.1, 0.15) is 29.8 Å². The number of aliphatic hydroxyl groups excluding tert-OH is 1. The van der Waals surface area contributed by atoms with Crippen molar-refractivity contribution in [3.05, 3.63) is 23.0 Å². The van der Waals surface area contributed by atoms with Gasteiger partial charge in [0.15, 0.2) is 0 Å². The zero-order valence-electron chi connectivity index (χ0n) is 8.35. The Kier molecular flexibility index (Phi) is 1.95.